The number of pyridine rings is 1. The minimum Gasteiger partial charge on any atom is -0.483 e. The molecule has 0 atom stereocenters. The second-order valence-corrected chi connectivity index (χ2v) is 5.41. The Morgan fingerprint density at radius 2 is 2.05 bits per heavy atom. The number of fused-ring (bicyclic) bond motifs is 1. The first-order valence-corrected chi connectivity index (χ1v) is 6.68. The van der Waals surface area contributed by atoms with Crippen LogP contribution in [0.5, 0.6) is 5.75 Å². The molecule has 2 heteroatoms. The summed E-state index contributed by atoms with van der Waals surface area (Å²) in [5.41, 5.74) is 4.05. The van der Waals surface area contributed by atoms with E-state index in [9.17, 15) is 0 Å². The first-order chi connectivity index (χ1) is 9.60. The molecular formula is C18H17NO. The summed E-state index contributed by atoms with van der Waals surface area (Å²) >= 11 is 0. The van der Waals surface area contributed by atoms with Crippen LogP contribution in [-0.2, 0) is 0 Å². The number of ether oxygens (including phenoxy) is 1. The van der Waals surface area contributed by atoms with Crippen LogP contribution in [-0.4, -0.2) is 10.6 Å². The summed E-state index contributed by atoms with van der Waals surface area (Å²) in [6, 6.07) is 10.2. The van der Waals surface area contributed by atoms with Gasteiger partial charge in [0.1, 0.15) is 11.4 Å². The molecule has 0 spiro atoms. The number of benzene rings is 1. The Labute approximate surface area is 119 Å². The molecule has 3 rings (SSSR count). The van der Waals surface area contributed by atoms with Gasteiger partial charge in [-0.3, -0.25) is 4.98 Å². The SMILES string of the molecule is C=CC1=Cc2ccc(-c3cccnc3)cc2OC1(C)C. The molecule has 0 saturated heterocycles. The van der Waals surface area contributed by atoms with E-state index in [-0.39, 0.29) is 5.60 Å². The average molecular weight is 263 g/mol. The van der Waals surface area contributed by atoms with Gasteiger partial charge < -0.3 is 4.74 Å². The summed E-state index contributed by atoms with van der Waals surface area (Å²) in [6.07, 6.45) is 7.64. The molecule has 0 fully saturated rings. The monoisotopic (exact) mass is 263 g/mol. The molecule has 0 aliphatic carbocycles. The second-order valence-electron chi connectivity index (χ2n) is 5.41. The van der Waals surface area contributed by atoms with Crippen LogP contribution in [0.2, 0.25) is 0 Å². The number of nitrogens with zero attached hydrogens (tertiary/aromatic N) is 1. The fourth-order valence-electron chi connectivity index (χ4n) is 2.43. The molecule has 1 aliphatic rings. The van der Waals surface area contributed by atoms with Gasteiger partial charge in [-0.05, 0) is 43.2 Å². The molecule has 1 aromatic carbocycles. The molecule has 2 nitrogen and oxygen atoms in total. The van der Waals surface area contributed by atoms with Gasteiger partial charge in [0.2, 0.25) is 0 Å². The van der Waals surface area contributed by atoms with Gasteiger partial charge in [0.05, 0.1) is 0 Å². The smallest absolute Gasteiger partial charge is 0.128 e. The van der Waals surface area contributed by atoms with E-state index in [1.165, 1.54) is 0 Å². The minimum atomic E-state index is -0.345. The van der Waals surface area contributed by atoms with Crippen LogP contribution in [0.4, 0.5) is 0 Å². The van der Waals surface area contributed by atoms with Gasteiger partial charge in [0.25, 0.3) is 0 Å². The fourth-order valence-corrected chi connectivity index (χ4v) is 2.43. The van der Waals surface area contributed by atoms with Crippen molar-refractivity contribution in [3.8, 4) is 16.9 Å². The number of rotatable bonds is 2. The van der Waals surface area contributed by atoms with E-state index in [0.717, 1.165) is 28.0 Å². The summed E-state index contributed by atoms with van der Waals surface area (Å²) in [5.74, 6) is 0.905. The van der Waals surface area contributed by atoms with E-state index in [0.29, 0.717) is 0 Å². The normalized spacial score (nSPS) is 15.8. The van der Waals surface area contributed by atoms with Gasteiger partial charge in [0.15, 0.2) is 0 Å². The van der Waals surface area contributed by atoms with Gasteiger partial charge >= 0.3 is 0 Å². The molecule has 0 radical (unpaired) electrons. The van der Waals surface area contributed by atoms with E-state index in [1.807, 2.05) is 24.4 Å². The van der Waals surface area contributed by atoms with Crippen LogP contribution >= 0.6 is 0 Å². The van der Waals surface area contributed by atoms with Crippen molar-refractivity contribution in [2.24, 2.45) is 0 Å². The number of aromatic nitrogens is 1. The topological polar surface area (TPSA) is 22.1 Å². The lowest BCUT2D eigenvalue weighted by molar-refractivity contribution is 0.149. The Balaban J connectivity index is 2.08. The van der Waals surface area contributed by atoms with Crippen molar-refractivity contribution < 1.29 is 4.74 Å². The molecular weight excluding hydrogens is 246 g/mol. The lowest BCUT2D eigenvalue weighted by Gasteiger charge is -2.32. The maximum atomic E-state index is 6.12. The zero-order valence-electron chi connectivity index (χ0n) is 11.8. The van der Waals surface area contributed by atoms with Gasteiger partial charge in [0, 0.05) is 23.5 Å². The van der Waals surface area contributed by atoms with E-state index < -0.39 is 0 Å². The standard InChI is InChI=1S/C18H17NO/c1-4-16-10-14-8-7-13(15-6-5-9-19-12-15)11-17(14)20-18(16,2)3/h4-12H,1H2,2-3H3. The minimum absolute atomic E-state index is 0.345. The maximum Gasteiger partial charge on any atom is 0.128 e. The van der Waals surface area contributed by atoms with Gasteiger partial charge in [-0.1, -0.05) is 30.9 Å². The zero-order chi connectivity index (χ0) is 14.2. The molecule has 1 aromatic heterocycles. The largest absolute Gasteiger partial charge is 0.483 e. The highest BCUT2D eigenvalue weighted by Crippen LogP contribution is 2.38. The predicted molar refractivity (Wildman–Crippen MR) is 82.6 cm³/mol. The molecule has 20 heavy (non-hydrogen) atoms. The van der Waals surface area contributed by atoms with Gasteiger partial charge in [-0.2, -0.15) is 0 Å². The van der Waals surface area contributed by atoms with Crippen LogP contribution in [0.3, 0.4) is 0 Å². The third-order valence-electron chi connectivity index (χ3n) is 3.60. The molecule has 2 heterocycles. The van der Waals surface area contributed by atoms with E-state index in [4.69, 9.17) is 4.74 Å². The average Bonchev–Trinajstić information content (AvgIpc) is 2.46. The molecule has 0 unspecified atom stereocenters. The van der Waals surface area contributed by atoms with Crippen LogP contribution in [0.1, 0.15) is 19.4 Å². The van der Waals surface area contributed by atoms with Crippen LogP contribution < -0.4 is 4.74 Å². The van der Waals surface area contributed by atoms with Crippen LogP contribution in [0.15, 0.2) is 61.0 Å². The zero-order valence-corrected chi connectivity index (χ0v) is 11.8. The summed E-state index contributed by atoms with van der Waals surface area (Å²) in [5, 5.41) is 0. The highest BCUT2D eigenvalue weighted by atomic mass is 16.5. The highest BCUT2D eigenvalue weighted by molar-refractivity contribution is 5.72. The third-order valence-corrected chi connectivity index (χ3v) is 3.60. The Morgan fingerprint density at radius 3 is 2.75 bits per heavy atom. The molecule has 0 saturated carbocycles. The molecule has 0 N–H and O–H groups in total. The first-order valence-electron chi connectivity index (χ1n) is 6.68. The van der Waals surface area contributed by atoms with E-state index in [2.05, 4.69) is 49.7 Å². The van der Waals surface area contributed by atoms with E-state index >= 15 is 0 Å². The Bertz CT molecular complexity index is 684. The van der Waals surface area contributed by atoms with Crippen molar-refractivity contribution >= 4 is 6.08 Å². The van der Waals surface area contributed by atoms with Crippen molar-refractivity contribution in [3.63, 3.8) is 0 Å². The lowest BCUT2D eigenvalue weighted by atomic mass is 9.91. The summed E-state index contributed by atoms with van der Waals surface area (Å²) in [4.78, 5) is 4.16. The fraction of sp³-hybridized carbons (Fsp3) is 0.167. The molecule has 0 amide bonds. The molecule has 0 bridgehead atoms. The molecule has 1 aliphatic heterocycles. The van der Waals surface area contributed by atoms with Crippen LogP contribution in [0, 0.1) is 0 Å². The van der Waals surface area contributed by atoms with Crippen LogP contribution in [0.25, 0.3) is 17.2 Å². The maximum absolute atomic E-state index is 6.12. The number of hydrogen-bond donors (Lipinski definition) is 0. The summed E-state index contributed by atoms with van der Waals surface area (Å²) in [7, 11) is 0. The predicted octanol–water partition coefficient (Wildman–Crippen LogP) is 4.49. The first kappa shape index (κ1) is 12.7. The Kier molecular flexibility index (Phi) is 2.94. The summed E-state index contributed by atoms with van der Waals surface area (Å²) in [6.45, 7) is 7.97. The number of hydrogen-bond acceptors (Lipinski definition) is 2. The lowest BCUT2D eigenvalue weighted by Crippen LogP contribution is -2.32. The molecule has 2 aromatic rings. The molecule has 100 valence electrons. The van der Waals surface area contributed by atoms with Crippen molar-refractivity contribution in [2.75, 3.05) is 0 Å². The highest BCUT2D eigenvalue weighted by Gasteiger charge is 2.28. The summed E-state index contributed by atoms with van der Waals surface area (Å²) < 4.78 is 6.12. The van der Waals surface area contributed by atoms with Crippen molar-refractivity contribution in [2.45, 2.75) is 19.4 Å². The Morgan fingerprint density at radius 1 is 1.20 bits per heavy atom. The van der Waals surface area contributed by atoms with Gasteiger partial charge in [-0.25, -0.2) is 0 Å². The van der Waals surface area contributed by atoms with E-state index in [1.54, 1.807) is 6.20 Å². The van der Waals surface area contributed by atoms with Crippen molar-refractivity contribution in [3.05, 3.63) is 66.5 Å². The van der Waals surface area contributed by atoms with Crippen molar-refractivity contribution in [1.29, 1.82) is 0 Å². The quantitative estimate of drug-likeness (QED) is 0.796. The Hall–Kier alpha value is -2.35. The van der Waals surface area contributed by atoms with Gasteiger partial charge in [-0.15, -0.1) is 0 Å². The van der Waals surface area contributed by atoms with Crippen molar-refractivity contribution in [1.82, 2.24) is 4.98 Å². The second kappa shape index (κ2) is 4.64. The third kappa shape index (κ3) is 2.14.